The van der Waals surface area contributed by atoms with Gasteiger partial charge in [0.1, 0.15) is 18.1 Å². The fourth-order valence-corrected chi connectivity index (χ4v) is 3.65. The summed E-state index contributed by atoms with van der Waals surface area (Å²) in [5.41, 5.74) is 4.46. The van der Waals surface area contributed by atoms with Gasteiger partial charge in [-0.05, 0) is 41.0 Å². The van der Waals surface area contributed by atoms with Crippen molar-refractivity contribution in [2.75, 3.05) is 0 Å². The molecule has 0 saturated heterocycles. The van der Waals surface area contributed by atoms with Crippen LogP contribution in [0.4, 0.5) is 4.39 Å². The van der Waals surface area contributed by atoms with E-state index in [1.165, 1.54) is 12.1 Å². The summed E-state index contributed by atoms with van der Waals surface area (Å²) in [6.07, 6.45) is 0. The zero-order chi connectivity index (χ0) is 19.3. The van der Waals surface area contributed by atoms with E-state index < -0.39 is 11.8 Å². The highest BCUT2D eigenvalue weighted by Gasteiger charge is 2.25. The molecule has 0 aliphatic carbocycles. The van der Waals surface area contributed by atoms with Gasteiger partial charge < -0.3 is 14.6 Å². The number of aromatic nitrogens is 1. The second-order valence-corrected chi connectivity index (χ2v) is 6.64. The molecular formula is C23H13FNO3-. The molecule has 136 valence electrons. The van der Waals surface area contributed by atoms with E-state index in [1.54, 1.807) is 0 Å². The maximum atomic E-state index is 13.7. The molecule has 0 N–H and O–H groups in total. The molecule has 0 radical (unpaired) electrons. The average Bonchev–Trinajstić information content (AvgIpc) is 2.72. The van der Waals surface area contributed by atoms with Crippen LogP contribution in [0.5, 0.6) is 5.75 Å². The fourth-order valence-electron chi connectivity index (χ4n) is 3.65. The van der Waals surface area contributed by atoms with Crippen molar-refractivity contribution in [1.82, 2.24) is 4.98 Å². The van der Waals surface area contributed by atoms with Gasteiger partial charge in [-0.15, -0.1) is 0 Å². The molecule has 2 heterocycles. The van der Waals surface area contributed by atoms with Crippen LogP contribution in [0.2, 0.25) is 0 Å². The van der Waals surface area contributed by atoms with Gasteiger partial charge in [0, 0.05) is 10.9 Å². The molecule has 1 aliphatic rings. The Labute approximate surface area is 159 Å². The minimum Gasteiger partial charge on any atom is -0.545 e. The molecule has 3 aromatic carbocycles. The zero-order valence-corrected chi connectivity index (χ0v) is 14.6. The van der Waals surface area contributed by atoms with Crippen molar-refractivity contribution in [2.45, 2.75) is 6.61 Å². The van der Waals surface area contributed by atoms with Gasteiger partial charge >= 0.3 is 0 Å². The Morgan fingerprint density at radius 3 is 2.61 bits per heavy atom. The highest BCUT2D eigenvalue weighted by molar-refractivity contribution is 6.06. The second-order valence-electron chi connectivity index (χ2n) is 6.64. The van der Waals surface area contributed by atoms with Crippen molar-refractivity contribution < 1.29 is 19.0 Å². The van der Waals surface area contributed by atoms with Crippen LogP contribution in [0.1, 0.15) is 15.9 Å². The number of carbonyl (C=O) groups excluding carboxylic acids is 1. The summed E-state index contributed by atoms with van der Waals surface area (Å²) < 4.78 is 19.5. The number of carbonyl (C=O) groups is 1. The molecule has 0 amide bonds. The number of benzene rings is 3. The number of nitrogens with zero attached hydrogens (tertiary/aromatic N) is 1. The first-order chi connectivity index (χ1) is 13.6. The number of fused-ring (bicyclic) bond motifs is 4. The standard InChI is InChI=1S/C23H14FNO3/c24-16-7-9-19-18(11-16)20(23(26)27)22-21(25-19)17-8-6-14(10-15(17)12-28-22)13-4-2-1-3-5-13/h1-11H,12H2,(H,26,27)/p-1. The highest BCUT2D eigenvalue weighted by Crippen LogP contribution is 2.42. The summed E-state index contributed by atoms with van der Waals surface area (Å²) in [6.45, 7) is 0.200. The largest absolute Gasteiger partial charge is 0.545 e. The summed E-state index contributed by atoms with van der Waals surface area (Å²) in [6, 6.07) is 19.7. The quantitative estimate of drug-likeness (QED) is 0.536. The molecular weight excluding hydrogens is 357 g/mol. The van der Waals surface area contributed by atoms with Gasteiger partial charge in [-0.25, -0.2) is 9.37 Å². The molecule has 5 rings (SSSR count). The Balaban J connectivity index is 1.74. The fraction of sp³-hybridized carbons (Fsp3) is 0.0435. The molecule has 1 aliphatic heterocycles. The van der Waals surface area contributed by atoms with E-state index in [-0.39, 0.29) is 23.3 Å². The molecule has 1 aromatic heterocycles. The van der Waals surface area contributed by atoms with Gasteiger partial charge in [0.2, 0.25) is 0 Å². The van der Waals surface area contributed by atoms with Crippen LogP contribution < -0.4 is 9.84 Å². The van der Waals surface area contributed by atoms with E-state index in [1.807, 2.05) is 48.5 Å². The Kier molecular flexibility index (Phi) is 3.62. The Morgan fingerprint density at radius 1 is 1.00 bits per heavy atom. The third kappa shape index (κ3) is 2.52. The summed E-state index contributed by atoms with van der Waals surface area (Å²) in [5.74, 6) is -1.84. The summed E-state index contributed by atoms with van der Waals surface area (Å²) in [4.78, 5) is 16.4. The van der Waals surface area contributed by atoms with E-state index >= 15 is 0 Å². The molecule has 0 fully saturated rings. The lowest BCUT2D eigenvalue weighted by molar-refractivity contribution is -0.254. The molecule has 0 bridgehead atoms. The van der Waals surface area contributed by atoms with Crippen molar-refractivity contribution in [2.24, 2.45) is 0 Å². The first-order valence-electron chi connectivity index (χ1n) is 8.78. The van der Waals surface area contributed by atoms with Crippen LogP contribution in [-0.2, 0) is 6.61 Å². The first kappa shape index (κ1) is 16.4. The Hall–Kier alpha value is -3.73. The van der Waals surface area contributed by atoms with E-state index in [0.29, 0.717) is 11.2 Å². The lowest BCUT2D eigenvalue weighted by atomic mass is 9.94. The van der Waals surface area contributed by atoms with E-state index in [0.717, 1.165) is 28.3 Å². The molecule has 0 atom stereocenters. The zero-order valence-electron chi connectivity index (χ0n) is 14.6. The van der Waals surface area contributed by atoms with E-state index in [4.69, 9.17) is 4.74 Å². The molecule has 4 aromatic rings. The van der Waals surface area contributed by atoms with Gasteiger partial charge in [-0.3, -0.25) is 0 Å². The second kappa shape index (κ2) is 6.16. The van der Waals surface area contributed by atoms with E-state index in [2.05, 4.69) is 4.98 Å². The predicted molar refractivity (Wildman–Crippen MR) is 101 cm³/mol. The Morgan fingerprint density at radius 2 is 1.82 bits per heavy atom. The van der Waals surface area contributed by atoms with Crippen LogP contribution in [0.25, 0.3) is 33.3 Å². The number of carboxylic acids is 1. The maximum absolute atomic E-state index is 13.7. The molecule has 4 nitrogen and oxygen atoms in total. The van der Waals surface area contributed by atoms with Gasteiger partial charge in [-0.1, -0.05) is 42.5 Å². The van der Waals surface area contributed by atoms with Gasteiger partial charge in [0.25, 0.3) is 0 Å². The van der Waals surface area contributed by atoms with Crippen LogP contribution in [0.15, 0.2) is 66.7 Å². The predicted octanol–water partition coefficient (Wildman–Crippen LogP) is 3.96. The normalized spacial score (nSPS) is 12.2. The van der Waals surface area contributed by atoms with Crippen LogP contribution in [0, 0.1) is 5.82 Å². The molecule has 0 unspecified atom stereocenters. The molecule has 0 spiro atoms. The number of ether oxygens (including phenoxy) is 1. The smallest absolute Gasteiger partial charge is 0.155 e. The van der Waals surface area contributed by atoms with Crippen molar-refractivity contribution in [3.05, 3.63) is 83.7 Å². The average molecular weight is 370 g/mol. The molecule has 28 heavy (non-hydrogen) atoms. The van der Waals surface area contributed by atoms with Crippen LogP contribution >= 0.6 is 0 Å². The summed E-state index contributed by atoms with van der Waals surface area (Å²) >= 11 is 0. The first-order valence-corrected chi connectivity index (χ1v) is 8.78. The molecule has 0 saturated carbocycles. The lowest BCUT2D eigenvalue weighted by Crippen LogP contribution is -2.25. The number of pyridine rings is 1. The van der Waals surface area contributed by atoms with Crippen molar-refractivity contribution >= 4 is 16.9 Å². The van der Waals surface area contributed by atoms with E-state index in [9.17, 15) is 14.3 Å². The summed E-state index contributed by atoms with van der Waals surface area (Å²) in [7, 11) is 0. The third-order valence-electron chi connectivity index (χ3n) is 4.95. The highest BCUT2D eigenvalue weighted by atomic mass is 19.1. The maximum Gasteiger partial charge on any atom is 0.155 e. The van der Waals surface area contributed by atoms with Crippen LogP contribution in [-0.4, -0.2) is 11.0 Å². The van der Waals surface area contributed by atoms with Crippen molar-refractivity contribution in [3.8, 4) is 28.1 Å². The number of hydrogen-bond donors (Lipinski definition) is 0. The number of hydrogen-bond acceptors (Lipinski definition) is 4. The van der Waals surface area contributed by atoms with Gasteiger partial charge in [0.05, 0.1) is 17.0 Å². The van der Waals surface area contributed by atoms with Crippen LogP contribution in [0.3, 0.4) is 0 Å². The number of aromatic carboxylic acids is 1. The number of rotatable bonds is 2. The Bertz CT molecular complexity index is 1250. The third-order valence-corrected chi connectivity index (χ3v) is 4.95. The topological polar surface area (TPSA) is 62.2 Å². The monoisotopic (exact) mass is 370 g/mol. The number of carboxylic acid groups (broad SMARTS) is 1. The summed E-state index contributed by atoms with van der Waals surface area (Å²) in [5, 5.41) is 12.0. The van der Waals surface area contributed by atoms with Gasteiger partial charge in [-0.2, -0.15) is 0 Å². The SMILES string of the molecule is O=C([O-])c1c2c(nc3ccc(F)cc13)-c1ccc(-c3ccccc3)cc1CO2. The minimum absolute atomic E-state index is 0.123. The van der Waals surface area contributed by atoms with Gasteiger partial charge in [0.15, 0.2) is 5.75 Å². The van der Waals surface area contributed by atoms with Crippen molar-refractivity contribution in [3.63, 3.8) is 0 Å². The van der Waals surface area contributed by atoms with Crippen molar-refractivity contribution in [1.29, 1.82) is 0 Å². The number of halogens is 1. The lowest BCUT2D eigenvalue weighted by Gasteiger charge is -2.24. The minimum atomic E-state index is -1.42. The molecule has 5 heteroatoms.